The molecule has 0 bridgehead atoms. The zero-order chi connectivity index (χ0) is 37.3. The van der Waals surface area contributed by atoms with E-state index in [9.17, 15) is 41.7 Å². The number of rotatable bonds is 23. The molecule has 12 N–H and O–H groups in total. The zero-order valence-corrected chi connectivity index (χ0v) is 28.6. The van der Waals surface area contributed by atoms with Gasteiger partial charge in [0.25, 0.3) is 0 Å². The number of carboxylic acid groups (broad SMARTS) is 1. The number of carbonyl (C=O) groups excluding carboxylic acids is 5. The van der Waals surface area contributed by atoms with Crippen LogP contribution in [0.1, 0.15) is 64.9 Å². The molecular weight excluding hydrogens is 666 g/mol. The molecule has 276 valence electrons. The Bertz CT molecular complexity index is 1380. The van der Waals surface area contributed by atoms with Crippen molar-refractivity contribution in [2.45, 2.75) is 102 Å². The van der Waals surface area contributed by atoms with E-state index in [-0.39, 0.29) is 38.1 Å². The molecule has 0 aliphatic heterocycles. The third-order valence-electron chi connectivity index (χ3n) is 7.19. The maximum Gasteiger partial charge on any atom is 0.397 e. The highest BCUT2D eigenvalue weighted by Gasteiger charge is 2.36. The lowest BCUT2D eigenvalue weighted by Crippen LogP contribution is -2.61. The summed E-state index contributed by atoms with van der Waals surface area (Å²) in [6.45, 7) is 4.78. The molecule has 0 radical (unpaired) electrons. The van der Waals surface area contributed by atoms with Gasteiger partial charge in [-0.15, -0.1) is 0 Å². The van der Waals surface area contributed by atoms with Crippen molar-refractivity contribution in [1.29, 1.82) is 0 Å². The number of unbranched alkanes of at least 4 members (excludes halogenated alkanes) is 1. The van der Waals surface area contributed by atoms with Crippen molar-refractivity contribution >= 4 is 45.9 Å². The maximum absolute atomic E-state index is 13.6. The van der Waals surface area contributed by atoms with Crippen LogP contribution in [0.5, 0.6) is 0 Å². The van der Waals surface area contributed by atoms with Gasteiger partial charge in [0.1, 0.15) is 30.3 Å². The lowest BCUT2D eigenvalue weighted by Gasteiger charge is -2.29. The van der Waals surface area contributed by atoms with Gasteiger partial charge in [-0.25, -0.2) is 4.18 Å². The molecule has 0 unspecified atom stereocenters. The SMILES string of the molecule is CC(C)C[C@H](NC(=O)[C@@H](N)CCC(=O)O)C(=O)N[C@H](C(=O)N[C@@H](CCCCN)C(=O)N[C@@H](Cc1ccccc1)C(N)=O)[C@@H](C)OS(=O)(=O)O. The van der Waals surface area contributed by atoms with Crippen molar-refractivity contribution in [3.05, 3.63) is 35.9 Å². The van der Waals surface area contributed by atoms with E-state index in [0.29, 0.717) is 18.4 Å². The van der Waals surface area contributed by atoms with Gasteiger partial charge in [-0.1, -0.05) is 44.2 Å². The molecule has 0 aliphatic carbocycles. The predicted molar refractivity (Wildman–Crippen MR) is 176 cm³/mol. The number of hydrogen-bond donors (Lipinski definition) is 9. The van der Waals surface area contributed by atoms with Crippen LogP contribution in [0, 0.1) is 5.92 Å². The van der Waals surface area contributed by atoms with Crippen LogP contribution in [-0.2, 0) is 49.8 Å². The normalized spacial score (nSPS) is 15.2. The second-order valence-corrected chi connectivity index (χ2v) is 13.0. The lowest BCUT2D eigenvalue weighted by molar-refractivity contribution is -0.137. The quantitative estimate of drug-likeness (QED) is 0.0448. The molecule has 49 heavy (non-hydrogen) atoms. The molecule has 0 saturated heterocycles. The van der Waals surface area contributed by atoms with Gasteiger partial charge in [0.15, 0.2) is 0 Å². The number of nitrogens with one attached hydrogen (secondary N) is 4. The molecule has 0 spiro atoms. The maximum atomic E-state index is 13.6. The summed E-state index contributed by atoms with van der Waals surface area (Å²) < 4.78 is 37.0. The topological polar surface area (TPSA) is 312 Å². The summed E-state index contributed by atoms with van der Waals surface area (Å²) in [5.74, 6) is -5.96. The van der Waals surface area contributed by atoms with Crippen LogP contribution >= 0.6 is 0 Å². The summed E-state index contributed by atoms with van der Waals surface area (Å²) in [5, 5.41) is 18.6. The number of benzene rings is 1. The largest absolute Gasteiger partial charge is 0.481 e. The number of carbonyl (C=O) groups is 6. The zero-order valence-electron chi connectivity index (χ0n) is 27.8. The van der Waals surface area contributed by atoms with Crippen LogP contribution in [0.4, 0.5) is 0 Å². The van der Waals surface area contributed by atoms with E-state index in [2.05, 4.69) is 25.5 Å². The fraction of sp³-hybridized carbons (Fsp3) is 0.600. The molecule has 1 aromatic carbocycles. The first kappa shape index (κ1) is 42.9. The number of nitrogens with two attached hydrogens (primary N) is 3. The molecule has 6 atom stereocenters. The highest BCUT2D eigenvalue weighted by atomic mass is 32.3. The molecule has 0 heterocycles. The molecule has 0 aromatic heterocycles. The van der Waals surface area contributed by atoms with E-state index < -0.39 is 88.6 Å². The third-order valence-corrected chi connectivity index (χ3v) is 7.74. The molecule has 5 amide bonds. The van der Waals surface area contributed by atoms with E-state index in [1.807, 2.05) is 0 Å². The van der Waals surface area contributed by atoms with Crippen LogP contribution in [-0.4, -0.2) is 96.4 Å². The minimum absolute atomic E-state index is 0.0139. The average molecular weight is 716 g/mol. The second-order valence-electron chi connectivity index (χ2n) is 11.9. The number of aliphatic carboxylic acids is 1. The van der Waals surface area contributed by atoms with Crippen molar-refractivity contribution in [2.75, 3.05) is 6.54 Å². The van der Waals surface area contributed by atoms with Gasteiger partial charge in [-0.2, -0.15) is 8.42 Å². The Labute approximate surface area is 285 Å². The number of primary amides is 1. The minimum Gasteiger partial charge on any atom is -0.481 e. The molecule has 1 aromatic rings. The standard InChI is InChI=1S/C30H49N7O11S/c1-17(2)15-23(36-27(41)20(32)12-13-24(38)39)29(43)37-25(18(3)48-49(45,46)47)30(44)34-21(11-7-8-14-31)28(42)35-22(26(33)40)16-19-9-5-4-6-10-19/h4-6,9-10,17-18,20-23,25H,7-8,11-16,31-32H2,1-3H3,(H2,33,40)(H,34,44)(H,35,42)(H,36,41)(H,37,43)(H,38,39)(H,45,46,47)/t18-,20+,21+,22+,23+,25+/m1/s1. The monoisotopic (exact) mass is 715 g/mol. The molecule has 19 heteroatoms. The second kappa shape index (κ2) is 21.0. The van der Waals surface area contributed by atoms with Crippen LogP contribution in [0.15, 0.2) is 30.3 Å². The average Bonchev–Trinajstić information content (AvgIpc) is 3.00. The first-order chi connectivity index (χ1) is 22.8. The summed E-state index contributed by atoms with van der Waals surface area (Å²) in [6, 6.07) is 1.74. The van der Waals surface area contributed by atoms with Crippen LogP contribution in [0.25, 0.3) is 0 Å². The van der Waals surface area contributed by atoms with Crippen LogP contribution in [0.2, 0.25) is 0 Å². The predicted octanol–water partition coefficient (Wildman–Crippen LogP) is -1.77. The minimum atomic E-state index is -5.15. The fourth-order valence-electron chi connectivity index (χ4n) is 4.66. The smallest absolute Gasteiger partial charge is 0.397 e. The summed E-state index contributed by atoms with van der Waals surface area (Å²) in [7, 11) is -5.15. The van der Waals surface area contributed by atoms with Gasteiger partial charge in [0.2, 0.25) is 29.5 Å². The van der Waals surface area contributed by atoms with Crippen molar-refractivity contribution in [3.63, 3.8) is 0 Å². The van der Waals surface area contributed by atoms with Crippen molar-refractivity contribution < 1.29 is 51.0 Å². The number of carboxylic acids is 1. The Balaban J connectivity index is 3.32. The summed E-state index contributed by atoms with van der Waals surface area (Å²) >= 11 is 0. The van der Waals surface area contributed by atoms with E-state index in [0.717, 1.165) is 6.92 Å². The molecule has 18 nitrogen and oxygen atoms in total. The van der Waals surface area contributed by atoms with Gasteiger partial charge < -0.3 is 43.6 Å². The molecular formula is C30H49N7O11S. The lowest BCUT2D eigenvalue weighted by atomic mass is 10.0. The van der Waals surface area contributed by atoms with E-state index in [1.165, 1.54) is 0 Å². The van der Waals surface area contributed by atoms with E-state index in [4.69, 9.17) is 22.3 Å². The summed E-state index contributed by atoms with van der Waals surface area (Å²) in [6.07, 6.45) is -1.50. The Kier molecular flexibility index (Phi) is 18.4. The first-order valence-corrected chi connectivity index (χ1v) is 17.1. The highest BCUT2D eigenvalue weighted by Crippen LogP contribution is 2.11. The molecule has 0 saturated carbocycles. The number of amides is 5. The molecule has 0 aliphatic rings. The third kappa shape index (κ3) is 17.2. The summed E-state index contributed by atoms with van der Waals surface area (Å²) in [5.41, 5.74) is 17.6. The Morgan fingerprint density at radius 2 is 1.39 bits per heavy atom. The Morgan fingerprint density at radius 1 is 0.816 bits per heavy atom. The van der Waals surface area contributed by atoms with E-state index in [1.54, 1.807) is 44.2 Å². The Hall–Kier alpha value is -4.17. The molecule has 1 rings (SSSR count). The van der Waals surface area contributed by atoms with E-state index >= 15 is 0 Å². The fourth-order valence-corrected chi connectivity index (χ4v) is 5.15. The van der Waals surface area contributed by atoms with Gasteiger partial charge >= 0.3 is 16.4 Å². The van der Waals surface area contributed by atoms with Crippen molar-refractivity contribution in [2.24, 2.45) is 23.1 Å². The van der Waals surface area contributed by atoms with Gasteiger partial charge in [0.05, 0.1) is 6.04 Å². The van der Waals surface area contributed by atoms with Gasteiger partial charge in [-0.3, -0.25) is 33.3 Å². The summed E-state index contributed by atoms with van der Waals surface area (Å²) in [4.78, 5) is 76.3. The van der Waals surface area contributed by atoms with Gasteiger partial charge in [-0.05, 0) is 57.1 Å². The van der Waals surface area contributed by atoms with Crippen molar-refractivity contribution in [3.8, 4) is 0 Å². The van der Waals surface area contributed by atoms with Crippen molar-refractivity contribution in [1.82, 2.24) is 21.3 Å². The first-order valence-electron chi connectivity index (χ1n) is 15.7. The number of hydrogen-bond acceptors (Lipinski definition) is 11. The highest BCUT2D eigenvalue weighted by molar-refractivity contribution is 7.80. The Morgan fingerprint density at radius 3 is 1.92 bits per heavy atom. The van der Waals surface area contributed by atoms with Crippen LogP contribution in [0.3, 0.4) is 0 Å². The van der Waals surface area contributed by atoms with Crippen LogP contribution < -0.4 is 38.5 Å². The molecule has 0 fully saturated rings. The van der Waals surface area contributed by atoms with Gasteiger partial charge in [0, 0.05) is 12.8 Å².